The van der Waals surface area contributed by atoms with E-state index < -0.39 is 6.04 Å². The van der Waals surface area contributed by atoms with Crippen molar-refractivity contribution in [2.75, 3.05) is 7.05 Å². The normalized spacial score (nSPS) is 11.6. The first-order valence-electron chi connectivity index (χ1n) is 10.4. The second-order valence-electron chi connectivity index (χ2n) is 7.51. The lowest BCUT2D eigenvalue weighted by Gasteiger charge is -2.27. The van der Waals surface area contributed by atoms with Crippen LogP contribution in [0.1, 0.15) is 35.7 Å². The standard InChI is InChI=1S/C26H27ClN2O2/c1-3-8-24(25(30)28-18-19-13-15-23(27)16-14-19)29(2)26(31)22-12-7-11-21(17-22)20-9-5-4-6-10-20/h4-7,9-17,24H,3,8,18H2,1-2H3,(H,28,30). The Balaban J connectivity index is 1.72. The van der Waals surface area contributed by atoms with Gasteiger partial charge in [-0.25, -0.2) is 0 Å². The number of amides is 2. The SMILES string of the molecule is CCCC(C(=O)NCc1ccc(Cl)cc1)N(C)C(=O)c1cccc(-c2ccccc2)c1. The van der Waals surface area contributed by atoms with E-state index in [1.54, 1.807) is 30.1 Å². The van der Waals surface area contributed by atoms with Crippen molar-refractivity contribution in [3.63, 3.8) is 0 Å². The summed E-state index contributed by atoms with van der Waals surface area (Å²) in [6.07, 6.45) is 1.38. The number of hydrogen-bond acceptors (Lipinski definition) is 2. The third-order valence-electron chi connectivity index (χ3n) is 5.25. The summed E-state index contributed by atoms with van der Waals surface area (Å²) in [7, 11) is 1.69. The van der Waals surface area contributed by atoms with Gasteiger partial charge in [0.15, 0.2) is 0 Å². The topological polar surface area (TPSA) is 49.4 Å². The average molecular weight is 435 g/mol. The van der Waals surface area contributed by atoms with Crippen LogP contribution in [0, 0.1) is 0 Å². The number of nitrogens with one attached hydrogen (secondary N) is 1. The van der Waals surface area contributed by atoms with Crippen molar-refractivity contribution in [2.24, 2.45) is 0 Å². The van der Waals surface area contributed by atoms with Crippen molar-refractivity contribution in [2.45, 2.75) is 32.4 Å². The zero-order valence-corrected chi connectivity index (χ0v) is 18.6. The third-order valence-corrected chi connectivity index (χ3v) is 5.50. The van der Waals surface area contributed by atoms with E-state index in [0.717, 1.165) is 23.1 Å². The fourth-order valence-corrected chi connectivity index (χ4v) is 3.62. The highest BCUT2D eigenvalue weighted by atomic mass is 35.5. The van der Waals surface area contributed by atoms with Crippen LogP contribution in [0.3, 0.4) is 0 Å². The van der Waals surface area contributed by atoms with Gasteiger partial charge in [0, 0.05) is 24.2 Å². The van der Waals surface area contributed by atoms with Crippen LogP contribution >= 0.6 is 11.6 Å². The molecule has 0 aliphatic carbocycles. The Morgan fingerprint density at radius 2 is 1.61 bits per heavy atom. The molecule has 0 aromatic heterocycles. The van der Waals surface area contributed by atoms with E-state index in [4.69, 9.17) is 11.6 Å². The number of hydrogen-bond donors (Lipinski definition) is 1. The maximum atomic E-state index is 13.2. The van der Waals surface area contributed by atoms with E-state index in [2.05, 4.69) is 5.32 Å². The minimum atomic E-state index is -0.537. The highest BCUT2D eigenvalue weighted by Gasteiger charge is 2.26. The van der Waals surface area contributed by atoms with Crippen molar-refractivity contribution in [1.29, 1.82) is 0 Å². The highest BCUT2D eigenvalue weighted by molar-refractivity contribution is 6.30. The van der Waals surface area contributed by atoms with Crippen LogP contribution in [0.5, 0.6) is 0 Å². The van der Waals surface area contributed by atoms with Gasteiger partial charge in [-0.3, -0.25) is 9.59 Å². The molecule has 0 spiro atoms. The number of nitrogens with zero attached hydrogens (tertiary/aromatic N) is 1. The summed E-state index contributed by atoms with van der Waals surface area (Å²) in [5.74, 6) is -0.329. The number of carbonyl (C=O) groups excluding carboxylic acids is 2. The lowest BCUT2D eigenvalue weighted by Crippen LogP contribution is -2.47. The first-order valence-corrected chi connectivity index (χ1v) is 10.8. The fourth-order valence-electron chi connectivity index (χ4n) is 3.49. The molecule has 0 aliphatic rings. The van der Waals surface area contributed by atoms with Gasteiger partial charge in [0.25, 0.3) is 5.91 Å². The smallest absolute Gasteiger partial charge is 0.254 e. The average Bonchev–Trinajstić information content (AvgIpc) is 2.81. The van der Waals surface area contributed by atoms with Crippen molar-refractivity contribution in [3.8, 4) is 11.1 Å². The molecule has 0 fully saturated rings. The second kappa shape index (κ2) is 10.8. The summed E-state index contributed by atoms with van der Waals surface area (Å²) in [5, 5.41) is 3.61. The van der Waals surface area contributed by atoms with E-state index in [1.165, 1.54) is 0 Å². The first kappa shape index (κ1) is 22.6. The van der Waals surface area contributed by atoms with Gasteiger partial charge in [-0.2, -0.15) is 0 Å². The molecule has 3 aromatic carbocycles. The first-order chi connectivity index (χ1) is 15.0. The number of likely N-dealkylation sites (N-methyl/N-ethyl adjacent to an activating group) is 1. The Hall–Kier alpha value is -3.11. The molecular formula is C26H27ClN2O2. The molecule has 1 unspecified atom stereocenters. The second-order valence-corrected chi connectivity index (χ2v) is 7.95. The molecule has 1 N–H and O–H groups in total. The Bertz CT molecular complexity index is 1020. The summed E-state index contributed by atoms with van der Waals surface area (Å²) in [6, 6.07) is 24.3. The Labute approximate surface area is 188 Å². The molecule has 5 heteroatoms. The van der Waals surface area contributed by atoms with E-state index in [-0.39, 0.29) is 11.8 Å². The third kappa shape index (κ3) is 5.96. The van der Waals surface area contributed by atoms with Gasteiger partial charge in [-0.15, -0.1) is 0 Å². The van der Waals surface area contributed by atoms with Crippen molar-refractivity contribution < 1.29 is 9.59 Å². The van der Waals surface area contributed by atoms with Gasteiger partial charge in [-0.1, -0.05) is 79.5 Å². The summed E-state index contributed by atoms with van der Waals surface area (Å²) in [6.45, 7) is 2.40. The fraction of sp³-hybridized carbons (Fsp3) is 0.231. The molecule has 31 heavy (non-hydrogen) atoms. The zero-order chi connectivity index (χ0) is 22.2. The molecule has 0 saturated heterocycles. The summed E-state index contributed by atoms with van der Waals surface area (Å²) < 4.78 is 0. The van der Waals surface area contributed by atoms with Crippen LogP contribution in [0.4, 0.5) is 0 Å². The number of halogens is 1. The number of carbonyl (C=O) groups is 2. The Kier molecular flexibility index (Phi) is 7.85. The molecule has 3 aromatic rings. The van der Waals surface area contributed by atoms with Gasteiger partial charge >= 0.3 is 0 Å². The summed E-state index contributed by atoms with van der Waals surface area (Å²) in [4.78, 5) is 27.6. The van der Waals surface area contributed by atoms with Crippen LogP contribution in [0.2, 0.25) is 5.02 Å². The molecule has 4 nitrogen and oxygen atoms in total. The predicted molar refractivity (Wildman–Crippen MR) is 126 cm³/mol. The van der Waals surface area contributed by atoms with Crippen LogP contribution in [0.25, 0.3) is 11.1 Å². The van der Waals surface area contributed by atoms with Gasteiger partial charge in [0.05, 0.1) is 0 Å². The molecule has 1 atom stereocenters. The number of benzene rings is 3. The van der Waals surface area contributed by atoms with Gasteiger partial charge < -0.3 is 10.2 Å². The largest absolute Gasteiger partial charge is 0.350 e. The molecule has 0 heterocycles. The quantitative estimate of drug-likeness (QED) is 0.504. The molecule has 2 amide bonds. The van der Waals surface area contributed by atoms with Crippen LogP contribution in [0.15, 0.2) is 78.9 Å². The molecule has 0 aliphatic heterocycles. The van der Waals surface area contributed by atoms with E-state index in [1.807, 2.05) is 67.6 Å². The molecule has 160 valence electrons. The minimum Gasteiger partial charge on any atom is -0.350 e. The van der Waals surface area contributed by atoms with Crippen LogP contribution < -0.4 is 5.32 Å². The molecule has 0 saturated carbocycles. The van der Waals surface area contributed by atoms with Crippen molar-refractivity contribution >= 4 is 23.4 Å². The molecule has 0 radical (unpaired) electrons. The van der Waals surface area contributed by atoms with Crippen molar-refractivity contribution in [1.82, 2.24) is 10.2 Å². The van der Waals surface area contributed by atoms with Crippen LogP contribution in [-0.2, 0) is 11.3 Å². The Morgan fingerprint density at radius 3 is 2.29 bits per heavy atom. The highest BCUT2D eigenvalue weighted by Crippen LogP contribution is 2.21. The van der Waals surface area contributed by atoms with Gasteiger partial charge in [0.2, 0.25) is 5.91 Å². The maximum Gasteiger partial charge on any atom is 0.254 e. The van der Waals surface area contributed by atoms with E-state index in [9.17, 15) is 9.59 Å². The molecule has 3 rings (SSSR count). The molecule has 0 bridgehead atoms. The zero-order valence-electron chi connectivity index (χ0n) is 17.8. The minimum absolute atomic E-state index is 0.160. The maximum absolute atomic E-state index is 13.2. The van der Waals surface area contributed by atoms with Crippen LogP contribution in [-0.4, -0.2) is 29.8 Å². The molecular weight excluding hydrogens is 408 g/mol. The number of rotatable bonds is 8. The summed E-state index contributed by atoms with van der Waals surface area (Å²) in [5.41, 5.74) is 3.54. The van der Waals surface area contributed by atoms with Gasteiger partial charge in [0.1, 0.15) is 6.04 Å². The van der Waals surface area contributed by atoms with E-state index in [0.29, 0.717) is 23.6 Å². The lowest BCUT2D eigenvalue weighted by atomic mass is 10.0. The monoisotopic (exact) mass is 434 g/mol. The van der Waals surface area contributed by atoms with E-state index >= 15 is 0 Å². The summed E-state index contributed by atoms with van der Waals surface area (Å²) >= 11 is 5.92. The van der Waals surface area contributed by atoms with Crippen molar-refractivity contribution in [3.05, 3.63) is 95.0 Å². The lowest BCUT2D eigenvalue weighted by molar-refractivity contribution is -0.125. The Morgan fingerprint density at radius 1 is 0.935 bits per heavy atom. The predicted octanol–water partition coefficient (Wildman–Crippen LogP) is 5.56. The van der Waals surface area contributed by atoms with Gasteiger partial charge in [-0.05, 0) is 47.4 Å².